The average Bonchev–Trinajstić information content (AvgIpc) is 2.83. The monoisotopic (exact) mass is 456 g/mol. The fourth-order valence-electron chi connectivity index (χ4n) is 3.72. The lowest BCUT2D eigenvalue weighted by molar-refractivity contribution is -0.151. The maximum absolute atomic E-state index is 13.0. The third-order valence-electron chi connectivity index (χ3n) is 5.51. The molecule has 2 amide bonds. The number of rotatable bonds is 8. The molecule has 7 nitrogen and oxygen atoms in total. The molecule has 0 spiro atoms. The van der Waals surface area contributed by atoms with Crippen molar-refractivity contribution < 1.29 is 28.2 Å². The topological polar surface area (TPSA) is 76.2 Å². The molecule has 0 bridgehead atoms. The Labute approximate surface area is 193 Å². The Hall–Kier alpha value is -3.42. The van der Waals surface area contributed by atoms with Crippen LogP contribution in [0, 0.1) is 11.7 Å². The lowest BCUT2D eigenvalue weighted by Crippen LogP contribution is -2.47. The third kappa shape index (κ3) is 6.78. The van der Waals surface area contributed by atoms with E-state index in [0.717, 1.165) is 12.0 Å². The summed E-state index contributed by atoms with van der Waals surface area (Å²) in [5.41, 5.74) is 1.20. The zero-order chi connectivity index (χ0) is 23.8. The van der Waals surface area contributed by atoms with Gasteiger partial charge in [-0.05, 0) is 55.7 Å². The Morgan fingerprint density at radius 2 is 1.91 bits per heavy atom. The van der Waals surface area contributed by atoms with Crippen LogP contribution in [0.4, 0.5) is 4.39 Å². The first kappa shape index (κ1) is 24.2. The smallest absolute Gasteiger partial charge is 0.310 e. The molecule has 176 valence electrons. The summed E-state index contributed by atoms with van der Waals surface area (Å²) < 4.78 is 23.8. The number of carbonyl (C=O) groups excluding carboxylic acids is 3. The minimum atomic E-state index is -0.321. The van der Waals surface area contributed by atoms with Gasteiger partial charge in [0.05, 0.1) is 19.1 Å². The molecule has 8 heteroatoms. The summed E-state index contributed by atoms with van der Waals surface area (Å²) in [7, 11) is 1.57. The molecule has 1 atom stereocenters. The van der Waals surface area contributed by atoms with E-state index >= 15 is 0 Å². The van der Waals surface area contributed by atoms with Crippen LogP contribution in [-0.2, 0) is 20.9 Å². The number of hydrogen-bond acceptors (Lipinski definition) is 5. The first-order valence-corrected chi connectivity index (χ1v) is 11.0. The van der Waals surface area contributed by atoms with E-state index in [9.17, 15) is 18.8 Å². The van der Waals surface area contributed by atoms with E-state index in [-0.39, 0.29) is 42.7 Å². The molecular weight excluding hydrogens is 427 g/mol. The normalized spacial score (nSPS) is 15.6. The van der Waals surface area contributed by atoms with Gasteiger partial charge in [0, 0.05) is 25.7 Å². The molecule has 0 aromatic heterocycles. The van der Waals surface area contributed by atoms with Crippen LogP contribution in [0.3, 0.4) is 0 Å². The minimum absolute atomic E-state index is 0.0883. The fraction of sp³-hybridized carbons (Fsp3) is 0.400. The van der Waals surface area contributed by atoms with E-state index in [1.54, 1.807) is 55.3 Å². The number of likely N-dealkylation sites (N-methyl/N-ethyl adjacent to an activating group) is 1. The lowest BCUT2D eigenvalue weighted by atomic mass is 9.98. The molecule has 1 aliphatic rings. The lowest BCUT2D eigenvalue weighted by Gasteiger charge is -2.32. The highest BCUT2D eigenvalue weighted by molar-refractivity contribution is 5.96. The zero-order valence-electron chi connectivity index (χ0n) is 19.0. The van der Waals surface area contributed by atoms with Gasteiger partial charge >= 0.3 is 5.97 Å². The van der Waals surface area contributed by atoms with Crippen molar-refractivity contribution >= 4 is 17.8 Å². The molecule has 1 saturated heterocycles. The van der Waals surface area contributed by atoms with Crippen LogP contribution in [0.5, 0.6) is 5.75 Å². The number of amides is 2. The van der Waals surface area contributed by atoms with E-state index in [4.69, 9.17) is 9.47 Å². The second-order valence-electron chi connectivity index (χ2n) is 8.04. The van der Waals surface area contributed by atoms with Gasteiger partial charge in [-0.2, -0.15) is 0 Å². The predicted molar refractivity (Wildman–Crippen MR) is 120 cm³/mol. The number of benzene rings is 2. The number of likely N-dealkylation sites (tertiary alicyclic amines) is 1. The molecule has 1 fully saturated rings. The number of carbonyl (C=O) groups is 3. The zero-order valence-corrected chi connectivity index (χ0v) is 19.0. The molecule has 33 heavy (non-hydrogen) atoms. The van der Waals surface area contributed by atoms with E-state index in [1.807, 2.05) is 0 Å². The molecule has 1 unspecified atom stereocenters. The fourth-order valence-corrected chi connectivity index (χ4v) is 3.72. The second kappa shape index (κ2) is 11.4. The van der Waals surface area contributed by atoms with E-state index in [1.165, 1.54) is 17.0 Å². The largest absolute Gasteiger partial charge is 0.489 e. The van der Waals surface area contributed by atoms with Gasteiger partial charge in [0.15, 0.2) is 0 Å². The standard InChI is InChI=1S/C25H29FN2O5/c1-3-32-25(31)20-7-5-13-28(15-20)23(29)16-27(2)24(30)19-6-4-8-22(14-19)33-17-18-9-11-21(26)12-10-18/h4,6,8-12,14,20H,3,5,7,13,15-17H2,1-2H3. The SMILES string of the molecule is CCOC(=O)C1CCCN(C(=O)CN(C)C(=O)c2cccc(OCc3ccc(F)cc3)c2)C1. The molecule has 3 rings (SSSR count). The van der Waals surface area contributed by atoms with Crippen LogP contribution < -0.4 is 4.74 Å². The molecule has 0 aliphatic carbocycles. The number of piperidine rings is 1. The number of esters is 1. The van der Waals surface area contributed by atoms with Gasteiger partial charge in [-0.25, -0.2) is 4.39 Å². The highest BCUT2D eigenvalue weighted by Gasteiger charge is 2.30. The number of halogens is 1. The number of ether oxygens (including phenoxy) is 2. The first-order chi connectivity index (χ1) is 15.9. The number of nitrogens with zero attached hydrogens (tertiary/aromatic N) is 2. The van der Waals surface area contributed by atoms with E-state index in [2.05, 4.69) is 0 Å². The molecule has 1 aliphatic heterocycles. The Bertz CT molecular complexity index is 979. The molecular formula is C25H29FN2O5. The van der Waals surface area contributed by atoms with E-state index < -0.39 is 0 Å². The summed E-state index contributed by atoms with van der Waals surface area (Å²) in [5.74, 6) is -0.934. The van der Waals surface area contributed by atoms with Gasteiger partial charge in [-0.3, -0.25) is 14.4 Å². The van der Waals surface area contributed by atoms with Crippen LogP contribution in [0.2, 0.25) is 0 Å². The summed E-state index contributed by atoms with van der Waals surface area (Å²) >= 11 is 0. The van der Waals surface area contributed by atoms with Crippen LogP contribution in [0.25, 0.3) is 0 Å². The van der Waals surface area contributed by atoms with Crippen molar-refractivity contribution in [3.05, 3.63) is 65.5 Å². The maximum atomic E-state index is 13.0. The van der Waals surface area contributed by atoms with Gasteiger partial charge in [0.25, 0.3) is 5.91 Å². The predicted octanol–water partition coefficient (Wildman–Crippen LogP) is 3.28. The van der Waals surface area contributed by atoms with Crippen molar-refractivity contribution in [3.8, 4) is 5.75 Å². The van der Waals surface area contributed by atoms with Crippen molar-refractivity contribution in [2.45, 2.75) is 26.4 Å². The van der Waals surface area contributed by atoms with Crippen molar-refractivity contribution in [1.82, 2.24) is 9.80 Å². The molecule has 2 aromatic carbocycles. The van der Waals surface area contributed by atoms with Crippen LogP contribution >= 0.6 is 0 Å². The summed E-state index contributed by atoms with van der Waals surface area (Å²) in [6, 6.07) is 12.7. The van der Waals surface area contributed by atoms with Crippen LogP contribution in [0.1, 0.15) is 35.7 Å². The number of hydrogen-bond donors (Lipinski definition) is 0. The molecule has 0 radical (unpaired) electrons. The van der Waals surface area contributed by atoms with Crippen LogP contribution in [-0.4, -0.2) is 60.9 Å². The molecule has 1 heterocycles. The van der Waals surface area contributed by atoms with Gasteiger partial charge in [0.1, 0.15) is 18.2 Å². The van der Waals surface area contributed by atoms with Crippen molar-refractivity contribution in [2.24, 2.45) is 5.92 Å². The highest BCUT2D eigenvalue weighted by atomic mass is 19.1. The first-order valence-electron chi connectivity index (χ1n) is 11.0. The Balaban J connectivity index is 1.55. The Kier molecular flexibility index (Phi) is 8.40. The maximum Gasteiger partial charge on any atom is 0.310 e. The quantitative estimate of drug-likeness (QED) is 0.570. The summed E-state index contributed by atoms with van der Waals surface area (Å²) in [4.78, 5) is 40.6. The van der Waals surface area contributed by atoms with Gasteiger partial charge in [-0.1, -0.05) is 18.2 Å². The van der Waals surface area contributed by atoms with Gasteiger partial charge in [0.2, 0.25) is 5.91 Å². The van der Waals surface area contributed by atoms with Crippen LogP contribution in [0.15, 0.2) is 48.5 Å². The highest BCUT2D eigenvalue weighted by Crippen LogP contribution is 2.19. The van der Waals surface area contributed by atoms with Gasteiger partial charge < -0.3 is 19.3 Å². The molecule has 0 saturated carbocycles. The summed E-state index contributed by atoms with van der Waals surface area (Å²) in [5, 5.41) is 0. The van der Waals surface area contributed by atoms with Crippen molar-refractivity contribution in [1.29, 1.82) is 0 Å². The summed E-state index contributed by atoms with van der Waals surface area (Å²) in [6.45, 7) is 3.09. The molecule has 2 aromatic rings. The molecule has 0 N–H and O–H groups in total. The second-order valence-corrected chi connectivity index (χ2v) is 8.04. The van der Waals surface area contributed by atoms with Crippen molar-refractivity contribution in [2.75, 3.05) is 33.3 Å². The Morgan fingerprint density at radius 1 is 1.15 bits per heavy atom. The Morgan fingerprint density at radius 3 is 2.64 bits per heavy atom. The van der Waals surface area contributed by atoms with Gasteiger partial charge in [-0.15, -0.1) is 0 Å². The average molecular weight is 457 g/mol. The van der Waals surface area contributed by atoms with Crippen molar-refractivity contribution in [3.63, 3.8) is 0 Å². The summed E-state index contributed by atoms with van der Waals surface area (Å²) in [6.07, 6.45) is 1.42. The van der Waals surface area contributed by atoms with E-state index in [0.29, 0.717) is 37.4 Å². The third-order valence-corrected chi connectivity index (χ3v) is 5.51. The minimum Gasteiger partial charge on any atom is -0.489 e.